The molecule has 1 saturated heterocycles. The van der Waals surface area contributed by atoms with Crippen LogP contribution in [-0.2, 0) is 9.47 Å². The minimum Gasteiger partial charge on any atom is -0.340 e. The van der Waals surface area contributed by atoms with Gasteiger partial charge in [-0.25, -0.2) is 0 Å². The molecule has 0 aromatic carbocycles. The largest absolute Gasteiger partial charge is 0.340 e. The third kappa shape index (κ3) is 1.59. The molecule has 7 atom stereocenters. The lowest BCUT2D eigenvalue weighted by atomic mass is 9.63. The van der Waals surface area contributed by atoms with Crippen molar-refractivity contribution in [1.82, 2.24) is 0 Å². The zero-order valence-electron chi connectivity index (χ0n) is 15.1. The zero-order chi connectivity index (χ0) is 16.0. The van der Waals surface area contributed by atoms with Crippen LogP contribution in [0.4, 0.5) is 0 Å². The molecular formula is C20H32O2. The van der Waals surface area contributed by atoms with Gasteiger partial charge in [0, 0.05) is 0 Å². The Morgan fingerprint density at radius 3 is 2.41 bits per heavy atom. The molecule has 124 valence electrons. The van der Waals surface area contributed by atoms with Gasteiger partial charge in [-0.3, -0.25) is 0 Å². The van der Waals surface area contributed by atoms with Crippen LogP contribution in [0, 0.1) is 28.6 Å². The number of hydrogen-bond acceptors (Lipinski definition) is 2. The van der Waals surface area contributed by atoms with E-state index in [4.69, 9.17) is 9.47 Å². The lowest BCUT2D eigenvalue weighted by molar-refractivity contribution is -0.158. The summed E-state index contributed by atoms with van der Waals surface area (Å²) in [5.74, 6) is 1.76. The molecule has 0 N–H and O–H groups in total. The molecule has 7 unspecified atom stereocenters. The van der Waals surface area contributed by atoms with Crippen LogP contribution < -0.4 is 0 Å². The quantitative estimate of drug-likeness (QED) is 0.639. The van der Waals surface area contributed by atoms with E-state index in [9.17, 15) is 0 Å². The second-order valence-corrected chi connectivity index (χ2v) is 9.45. The van der Waals surface area contributed by atoms with Crippen molar-refractivity contribution in [3.05, 3.63) is 12.2 Å². The average Bonchev–Trinajstić information content (AvgIpc) is 2.92. The Morgan fingerprint density at radius 2 is 1.73 bits per heavy atom. The predicted octanol–water partition coefficient (Wildman–Crippen LogP) is 4.94. The SMILES string of the molecule is CC=CC1(C)OC2CC34CC(C(C)(C)C3CCC4C)C2(C)O1. The normalized spacial score (nSPS) is 59.0. The molecule has 0 aromatic heterocycles. The van der Waals surface area contributed by atoms with Crippen molar-refractivity contribution >= 4 is 0 Å². The van der Waals surface area contributed by atoms with Crippen molar-refractivity contribution in [2.75, 3.05) is 0 Å². The standard InChI is InChI=1S/C20H32O2/c1-7-10-18(5)21-16-12-20-11-15(19(16,6)22-18)17(3,4)14(20)9-8-13(20)2/h7,10,13-16H,8-9,11-12H2,1-6H3. The second kappa shape index (κ2) is 4.19. The lowest BCUT2D eigenvalue weighted by Gasteiger charge is -2.47. The van der Waals surface area contributed by atoms with Gasteiger partial charge in [0.1, 0.15) is 0 Å². The van der Waals surface area contributed by atoms with Crippen LogP contribution in [0.15, 0.2) is 12.2 Å². The van der Waals surface area contributed by atoms with Crippen LogP contribution in [0.2, 0.25) is 0 Å². The third-order valence-corrected chi connectivity index (χ3v) is 8.11. The molecule has 2 nitrogen and oxygen atoms in total. The van der Waals surface area contributed by atoms with Gasteiger partial charge in [0.25, 0.3) is 0 Å². The van der Waals surface area contributed by atoms with Crippen molar-refractivity contribution in [2.24, 2.45) is 28.6 Å². The van der Waals surface area contributed by atoms with E-state index >= 15 is 0 Å². The van der Waals surface area contributed by atoms with Gasteiger partial charge in [-0.2, -0.15) is 0 Å². The van der Waals surface area contributed by atoms with Gasteiger partial charge in [0.15, 0.2) is 5.79 Å². The average molecular weight is 304 g/mol. The number of allylic oxidation sites excluding steroid dienone is 1. The molecule has 1 heterocycles. The van der Waals surface area contributed by atoms with Gasteiger partial charge in [-0.05, 0) is 81.1 Å². The Balaban J connectivity index is 1.78. The summed E-state index contributed by atoms with van der Waals surface area (Å²) in [6, 6.07) is 0. The van der Waals surface area contributed by atoms with Crippen molar-refractivity contribution in [2.45, 2.75) is 84.7 Å². The van der Waals surface area contributed by atoms with Crippen LogP contribution >= 0.6 is 0 Å². The van der Waals surface area contributed by atoms with E-state index in [1.165, 1.54) is 25.7 Å². The Bertz CT molecular complexity index is 524. The van der Waals surface area contributed by atoms with E-state index in [-0.39, 0.29) is 11.7 Å². The second-order valence-electron chi connectivity index (χ2n) is 9.45. The number of rotatable bonds is 1. The van der Waals surface area contributed by atoms with Crippen molar-refractivity contribution < 1.29 is 9.47 Å². The summed E-state index contributed by atoms with van der Waals surface area (Å²) in [4.78, 5) is 0. The first kappa shape index (κ1) is 15.2. The fourth-order valence-corrected chi connectivity index (χ4v) is 7.23. The Hall–Kier alpha value is -0.340. The molecule has 3 saturated carbocycles. The molecular weight excluding hydrogens is 272 g/mol. The summed E-state index contributed by atoms with van der Waals surface area (Å²) >= 11 is 0. The Labute approximate surface area is 135 Å². The van der Waals surface area contributed by atoms with Crippen LogP contribution in [0.5, 0.6) is 0 Å². The first-order chi connectivity index (χ1) is 10.2. The first-order valence-corrected chi connectivity index (χ1v) is 9.20. The van der Waals surface area contributed by atoms with Crippen molar-refractivity contribution in [1.29, 1.82) is 0 Å². The molecule has 1 spiro atoms. The van der Waals surface area contributed by atoms with Crippen LogP contribution in [0.1, 0.15) is 67.2 Å². The van der Waals surface area contributed by atoms with Gasteiger partial charge in [0.2, 0.25) is 0 Å². The molecule has 2 heteroatoms. The van der Waals surface area contributed by atoms with E-state index in [1.54, 1.807) is 0 Å². The van der Waals surface area contributed by atoms with Crippen LogP contribution in [0.3, 0.4) is 0 Å². The highest BCUT2D eigenvalue weighted by Gasteiger charge is 2.74. The fourth-order valence-electron chi connectivity index (χ4n) is 7.23. The molecule has 0 aromatic rings. The summed E-state index contributed by atoms with van der Waals surface area (Å²) in [5.41, 5.74) is 0.731. The van der Waals surface area contributed by atoms with Gasteiger partial charge >= 0.3 is 0 Å². The van der Waals surface area contributed by atoms with Gasteiger partial charge < -0.3 is 9.47 Å². The van der Waals surface area contributed by atoms with Crippen LogP contribution in [-0.4, -0.2) is 17.5 Å². The van der Waals surface area contributed by atoms with Gasteiger partial charge in [0.05, 0.1) is 11.7 Å². The predicted molar refractivity (Wildman–Crippen MR) is 88.4 cm³/mol. The summed E-state index contributed by atoms with van der Waals surface area (Å²) in [7, 11) is 0. The highest BCUT2D eigenvalue weighted by Crippen LogP contribution is 2.75. The summed E-state index contributed by atoms with van der Waals surface area (Å²) < 4.78 is 13.1. The smallest absolute Gasteiger partial charge is 0.186 e. The van der Waals surface area contributed by atoms with Crippen LogP contribution in [0.25, 0.3) is 0 Å². The van der Waals surface area contributed by atoms with Gasteiger partial charge in [-0.1, -0.05) is 26.8 Å². The minimum absolute atomic E-state index is 0.132. The molecule has 22 heavy (non-hydrogen) atoms. The molecule has 2 bridgehead atoms. The molecule has 4 aliphatic rings. The zero-order valence-corrected chi connectivity index (χ0v) is 15.1. The molecule has 0 amide bonds. The Morgan fingerprint density at radius 1 is 1.00 bits per heavy atom. The van der Waals surface area contributed by atoms with E-state index in [2.05, 4.69) is 46.8 Å². The van der Waals surface area contributed by atoms with Crippen molar-refractivity contribution in [3.63, 3.8) is 0 Å². The van der Waals surface area contributed by atoms with E-state index in [0.29, 0.717) is 16.7 Å². The minimum atomic E-state index is -0.539. The molecule has 0 radical (unpaired) electrons. The number of ether oxygens (including phenoxy) is 2. The lowest BCUT2D eigenvalue weighted by Crippen LogP contribution is -2.52. The first-order valence-electron chi connectivity index (χ1n) is 9.20. The summed E-state index contributed by atoms with van der Waals surface area (Å²) in [6.45, 7) is 14.0. The maximum atomic E-state index is 6.63. The number of fused-ring (bicyclic) bond motifs is 3. The maximum Gasteiger partial charge on any atom is 0.186 e. The van der Waals surface area contributed by atoms with Gasteiger partial charge in [-0.15, -0.1) is 0 Å². The fraction of sp³-hybridized carbons (Fsp3) is 0.900. The third-order valence-electron chi connectivity index (χ3n) is 8.11. The molecule has 3 aliphatic carbocycles. The number of hydrogen-bond donors (Lipinski definition) is 0. The molecule has 4 rings (SSSR count). The van der Waals surface area contributed by atoms with Crippen molar-refractivity contribution in [3.8, 4) is 0 Å². The van der Waals surface area contributed by atoms with E-state index < -0.39 is 5.79 Å². The maximum absolute atomic E-state index is 6.63. The Kier molecular flexibility index (Phi) is 2.89. The monoisotopic (exact) mass is 304 g/mol. The summed E-state index contributed by atoms with van der Waals surface area (Å²) in [6.07, 6.45) is 9.73. The van der Waals surface area contributed by atoms with E-state index in [0.717, 1.165) is 11.8 Å². The highest BCUT2D eigenvalue weighted by atomic mass is 16.8. The topological polar surface area (TPSA) is 18.5 Å². The molecule has 4 fully saturated rings. The highest BCUT2D eigenvalue weighted by molar-refractivity contribution is 5.22. The van der Waals surface area contributed by atoms with E-state index in [1.807, 2.05) is 6.92 Å². The summed E-state index contributed by atoms with van der Waals surface area (Å²) in [5, 5.41) is 0. The molecule has 1 aliphatic heterocycles.